The second kappa shape index (κ2) is 3.99. The minimum atomic E-state index is -0.158. The summed E-state index contributed by atoms with van der Waals surface area (Å²) in [6.45, 7) is 1.77. The number of nitrogens with zero attached hydrogens (tertiary/aromatic N) is 2. The maximum Gasteiger partial charge on any atom is 0.162 e. The van der Waals surface area contributed by atoms with Crippen molar-refractivity contribution < 1.29 is 9.47 Å². The Morgan fingerprint density at radius 3 is 2.81 bits per heavy atom. The van der Waals surface area contributed by atoms with Crippen molar-refractivity contribution in [2.24, 2.45) is 0 Å². The van der Waals surface area contributed by atoms with Crippen LogP contribution in [0.5, 0.6) is 0 Å². The van der Waals surface area contributed by atoms with Gasteiger partial charge in [0.05, 0.1) is 19.8 Å². The van der Waals surface area contributed by atoms with Crippen LogP contribution in [0.15, 0.2) is 6.07 Å². The van der Waals surface area contributed by atoms with Crippen molar-refractivity contribution >= 4 is 5.82 Å². The van der Waals surface area contributed by atoms with Crippen LogP contribution in [-0.2, 0) is 9.47 Å². The molecule has 1 aliphatic heterocycles. The monoisotopic (exact) mass is 221 g/mol. The van der Waals surface area contributed by atoms with Gasteiger partial charge in [0.2, 0.25) is 0 Å². The van der Waals surface area contributed by atoms with Crippen molar-refractivity contribution in [3.63, 3.8) is 0 Å². The first-order chi connectivity index (χ1) is 7.83. The van der Waals surface area contributed by atoms with Gasteiger partial charge in [-0.25, -0.2) is 9.97 Å². The Morgan fingerprint density at radius 2 is 2.12 bits per heavy atom. The van der Waals surface area contributed by atoms with E-state index in [-0.39, 0.29) is 6.10 Å². The van der Waals surface area contributed by atoms with E-state index in [2.05, 4.69) is 9.97 Å². The van der Waals surface area contributed by atoms with Gasteiger partial charge in [0, 0.05) is 17.7 Å². The van der Waals surface area contributed by atoms with Crippen molar-refractivity contribution in [2.45, 2.75) is 24.9 Å². The molecule has 2 heterocycles. The van der Waals surface area contributed by atoms with Crippen molar-refractivity contribution in [3.05, 3.63) is 17.6 Å². The standard InChI is InChI=1S/C11H15N3O2/c12-10-5-8(7-1-2-7)13-11(14-10)9-6-15-3-4-16-9/h5,7,9H,1-4,6H2,(H2,12,13,14). The summed E-state index contributed by atoms with van der Waals surface area (Å²) >= 11 is 0. The molecule has 1 atom stereocenters. The number of rotatable bonds is 2. The molecule has 2 fully saturated rings. The molecular weight excluding hydrogens is 206 g/mol. The van der Waals surface area contributed by atoms with Crippen LogP contribution in [0.1, 0.15) is 36.4 Å². The highest BCUT2D eigenvalue weighted by Crippen LogP contribution is 2.39. The Morgan fingerprint density at radius 1 is 1.25 bits per heavy atom. The Bertz CT molecular complexity index is 387. The SMILES string of the molecule is Nc1cc(C2CC2)nc(C2COCCO2)n1. The molecule has 0 spiro atoms. The molecule has 1 saturated carbocycles. The quantitative estimate of drug-likeness (QED) is 0.807. The topological polar surface area (TPSA) is 70.3 Å². The van der Waals surface area contributed by atoms with E-state index in [1.807, 2.05) is 6.07 Å². The Labute approximate surface area is 94.0 Å². The van der Waals surface area contributed by atoms with Crippen LogP contribution < -0.4 is 5.73 Å². The summed E-state index contributed by atoms with van der Waals surface area (Å²) in [4.78, 5) is 8.75. The third-order valence-corrected chi connectivity index (χ3v) is 2.88. The first-order valence-corrected chi connectivity index (χ1v) is 5.66. The fraction of sp³-hybridized carbons (Fsp3) is 0.636. The number of hydrogen-bond donors (Lipinski definition) is 1. The predicted molar refractivity (Wildman–Crippen MR) is 57.9 cm³/mol. The summed E-state index contributed by atoms with van der Waals surface area (Å²) in [5.41, 5.74) is 6.84. The van der Waals surface area contributed by atoms with Crippen LogP contribution in [0.2, 0.25) is 0 Å². The van der Waals surface area contributed by atoms with E-state index in [1.165, 1.54) is 12.8 Å². The van der Waals surface area contributed by atoms with Crippen LogP contribution in [0.25, 0.3) is 0 Å². The van der Waals surface area contributed by atoms with Crippen LogP contribution in [0, 0.1) is 0 Å². The third kappa shape index (κ3) is 2.01. The van der Waals surface area contributed by atoms with Crippen LogP contribution in [0.4, 0.5) is 5.82 Å². The lowest BCUT2D eigenvalue weighted by Gasteiger charge is -2.22. The zero-order valence-electron chi connectivity index (χ0n) is 9.06. The first-order valence-electron chi connectivity index (χ1n) is 5.66. The lowest BCUT2D eigenvalue weighted by molar-refractivity contribution is -0.0935. The molecule has 3 rings (SSSR count). The van der Waals surface area contributed by atoms with Gasteiger partial charge in [-0.05, 0) is 12.8 Å². The number of hydrogen-bond acceptors (Lipinski definition) is 5. The Kier molecular flexibility index (Phi) is 2.49. The van der Waals surface area contributed by atoms with Crippen LogP contribution in [-0.4, -0.2) is 29.8 Å². The lowest BCUT2D eigenvalue weighted by Crippen LogP contribution is -2.24. The second-order valence-corrected chi connectivity index (χ2v) is 4.28. The fourth-order valence-corrected chi connectivity index (χ4v) is 1.87. The van der Waals surface area contributed by atoms with Gasteiger partial charge < -0.3 is 15.2 Å². The van der Waals surface area contributed by atoms with Gasteiger partial charge in [0.25, 0.3) is 0 Å². The molecule has 0 radical (unpaired) electrons. The number of nitrogen functional groups attached to an aromatic ring is 1. The zero-order valence-corrected chi connectivity index (χ0v) is 9.06. The highest BCUT2D eigenvalue weighted by molar-refractivity contribution is 5.33. The number of aromatic nitrogens is 2. The molecular formula is C11H15N3O2. The molecule has 1 aliphatic carbocycles. The van der Waals surface area contributed by atoms with Crippen molar-refractivity contribution in [3.8, 4) is 0 Å². The molecule has 1 aromatic rings. The number of anilines is 1. The summed E-state index contributed by atoms with van der Waals surface area (Å²) in [7, 11) is 0. The van der Waals surface area contributed by atoms with E-state index < -0.39 is 0 Å². The number of ether oxygens (including phenoxy) is 2. The van der Waals surface area contributed by atoms with Crippen LogP contribution in [0.3, 0.4) is 0 Å². The summed E-state index contributed by atoms with van der Waals surface area (Å²) in [5.74, 6) is 1.77. The normalized spacial score (nSPS) is 25.6. The molecule has 5 heteroatoms. The minimum absolute atomic E-state index is 0.158. The molecule has 86 valence electrons. The highest BCUT2D eigenvalue weighted by atomic mass is 16.6. The lowest BCUT2D eigenvalue weighted by atomic mass is 10.2. The maximum absolute atomic E-state index is 5.78. The summed E-state index contributed by atoms with van der Waals surface area (Å²) in [6.07, 6.45) is 2.25. The largest absolute Gasteiger partial charge is 0.384 e. The van der Waals surface area contributed by atoms with Crippen molar-refractivity contribution in [2.75, 3.05) is 25.6 Å². The van der Waals surface area contributed by atoms with E-state index in [0.717, 1.165) is 5.69 Å². The van der Waals surface area contributed by atoms with Gasteiger partial charge in [-0.2, -0.15) is 0 Å². The summed E-state index contributed by atoms with van der Waals surface area (Å²) < 4.78 is 10.9. The van der Waals surface area contributed by atoms with Gasteiger partial charge in [-0.15, -0.1) is 0 Å². The fourth-order valence-electron chi connectivity index (χ4n) is 1.87. The molecule has 5 nitrogen and oxygen atoms in total. The van der Waals surface area contributed by atoms with Gasteiger partial charge >= 0.3 is 0 Å². The molecule has 0 amide bonds. The third-order valence-electron chi connectivity index (χ3n) is 2.88. The van der Waals surface area contributed by atoms with Crippen LogP contribution >= 0.6 is 0 Å². The zero-order chi connectivity index (χ0) is 11.0. The van der Waals surface area contributed by atoms with E-state index >= 15 is 0 Å². The molecule has 2 N–H and O–H groups in total. The predicted octanol–water partition coefficient (Wildman–Crippen LogP) is 1.02. The average Bonchev–Trinajstić information content (AvgIpc) is 3.13. The number of nitrogens with two attached hydrogens (primary N) is 1. The van der Waals surface area contributed by atoms with E-state index in [4.69, 9.17) is 15.2 Å². The highest BCUT2D eigenvalue weighted by Gasteiger charge is 2.28. The molecule has 1 saturated heterocycles. The Balaban J connectivity index is 1.86. The molecule has 1 aromatic heterocycles. The van der Waals surface area contributed by atoms with E-state index in [0.29, 0.717) is 37.4 Å². The first kappa shape index (κ1) is 9.99. The molecule has 16 heavy (non-hydrogen) atoms. The molecule has 0 aromatic carbocycles. The van der Waals surface area contributed by atoms with Crippen molar-refractivity contribution in [1.29, 1.82) is 0 Å². The molecule has 2 aliphatic rings. The molecule has 0 bridgehead atoms. The van der Waals surface area contributed by atoms with Gasteiger partial charge in [-0.1, -0.05) is 0 Å². The average molecular weight is 221 g/mol. The van der Waals surface area contributed by atoms with E-state index in [9.17, 15) is 0 Å². The smallest absolute Gasteiger partial charge is 0.162 e. The Hall–Kier alpha value is -1.20. The summed E-state index contributed by atoms with van der Waals surface area (Å²) in [5, 5.41) is 0. The van der Waals surface area contributed by atoms with E-state index in [1.54, 1.807) is 0 Å². The minimum Gasteiger partial charge on any atom is -0.384 e. The summed E-state index contributed by atoms with van der Waals surface area (Å²) in [6, 6.07) is 1.87. The van der Waals surface area contributed by atoms with Gasteiger partial charge in [0.15, 0.2) is 5.82 Å². The van der Waals surface area contributed by atoms with Gasteiger partial charge in [0.1, 0.15) is 11.9 Å². The maximum atomic E-state index is 5.78. The second-order valence-electron chi connectivity index (χ2n) is 4.28. The van der Waals surface area contributed by atoms with Gasteiger partial charge in [-0.3, -0.25) is 0 Å². The van der Waals surface area contributed by atoms with Crippen molar-refractivity contribution in [1.82, 2.24) is 9.97 Å². The molecule has 1 unspecified atom stereocenters.